The molecule has 1 aromatic carbocycles. The van der Waals surface area contributed by atoms with E-state index >= 15 is 0 Å². The fraction of sp³-hybridized carbons (Fsp3) is 0.333. The Morgan fingerprint density at radius 3 is 2.45 bits per heavy atom. The maximum absolute atomic E-state index is 12.5. The molecular weight excluding hydrogens is 256 g/mol. The molecule has 104 valence electrons. The number of aromatic nitrogens is 1. The van der Waals surface area contributed by atoms with Gasteiger partial charge in [0.25, 0.3) is 5.91 Å². The van der Waals surface area contributed by atoms with Gasteiger partial charge in [0.05, 0.1) is 0 Å². The zero-order valence-electron chi connectivity index (χ0n) is 11.3. The number of amides is 1. The van der Waals surface area contributed by atoms with Gasteiger partial charge in [0.1, 0.15) is 5.69 Å². The highest BCUT2D eigenvalue weighted by atomic mass is 16.5. The summed E-state index contributed by atoms with van der Waals surface area (Å²) >= 11 is 0. The minimum absolute atomic E-state index is 0.139. The number of aryl methyl sites for hydroxylation is 1. The van der Waals surface area contributed by atoms with Gasteiger partial charge in [0, 0.05) is 25.7 Å². The first-order valence-corrected chi connectivity index (χ1v) is 6.73. The lowest BCUT2D eigenvalue weighted by atomic mass is 10.1. The summed E-state index contributed by atoms with van der Waals surface area (Å²) in [5, 5.41) is 0. The molecule has 0 radical (unpaired) electrons. The second kappa shape index (κ2) is 5.00. The molecular formula is C15H16N2O3. The number of carbonyl (C=O) groups is 1. The van der Waals surface area contributed by atoms with Crippen molar-refractivity contribution in [3.05, 3.63) is 46.3 Å². The maximum Gasteiger partial charge on any atom is 0.370 e. The predicted molar refractivity (Wildman–Crippen MR) is 74.5 cm³/mol. The molecule has 1 fully saturated rings. The summed E-state index contributed by atoms with van der Waals surface area (Å²) in [6.07, 6.45) is 1.98. The monoisotopic (exact) mass is 272 g/mol. The number of benzene rings is 1. The van der Waals surface area contributed by atoms with E-state index < -0.39 is 5.63 Å². The molecule has 0 unspecified atom stereocenters. The number of carbonyl (C=O) groups excluding carboxylic acids is 1. The maximum atomic E-state index is 12.5. The summed E-state index contributed by atoms with van der Waals surface area (Å²) < 4.78 is 6.47. The first-order chi connectivity index (χ1) is 9.68. The minimum Gasteiger partial charge on any atom is -0.338 e. The third kappa shape index (κ3) is 2.05. The smallest absolute Gasteiger partial charge is 0.338 e. The van der Waals surface area contributed by atoms with Crippen LogP contribution < -0.4 is 5.63 Å². The predicted octanol–water partition coefficient (Wildman–Crippen LogP) is 1.88. The largest absolute Gasteiger partial charge is 0.370 e. The highest BCUT2D eigenvalue weighted by Crippen LogP contribution is 2.23. The Hall–Kier alpha value is -2.30. The van der Waals surface area contributed by atoms with E-state index in [1.165, 1.54) is 4.74 Å². The molecule has 0 saturated carbocycles. The van der Waals surface area contributed by atoms with Gasteiger partial charge in [-0.15, -0.1) is 0 Å². The molecule has 1 aliphatic rings. The highest BCUT2D eigenvalue weighted by molar-refractivity contribution is 5.99. The van der Waals surface area contributed by atoms with Crippen LogP contribution in [0.5, 0.6) is 0 Å². The van der Waals surface area contributed by atoms with Crippen LogP contribution in [0.1, 0.15) is 23.2 Å². The summed E-state index contributed by atoms with van der Waals surface area (Å²) in [4.78, 5) is 26.2. The molecule has 2 heterocycles. The van der Waals surface area contributed by atoms with Crippen molar-refractivity contribution in [2.45, 2.75) is 12.8 Å². The Bertz CT molecular complexity index is 679. The van der Waals surface area contributed by atoms with Crippen LogP contribution in [0.2, 0.25) is 0 Å². The standard InChI is InChI=1S/C15H16N2O3/c1-16-13(11-7-3-2-4-8-11)12(15(19)20-16)14(18)17-9-5-6-10-17/h2-4,7-8H,5-6,9-10H2,1H3. The fourth-order valence-electron chi connectivity index (χ4n) is 2.66. The zero-order chi connectivity index (χ0) is 14.1. The normalized spacial score (nSPS) is 14.8. The minimum atomic E-state index is -0.566. The van der Waals surface area contributed by atoms with Crippen molar-refractivity contribution >= 4 is 5.91 Å². The molecule has 1 saturated heterocycles. The summed E-state index contributed by atoms with van der Waals surface area (Å²) in [6.45, 7) is 1.42. The van der Waals surface area contributed by atoms with Crippen LogP contribution in [0.3, 0.4) is 0 Å². The van der Waals surface area contributed by atoms with Crippen LogP contribution in [-0.2, 0) is 7.05 Å². The molecule has 0 atom stereocenters. The SMILES string of the molecule is Cn1oc(=O)c(C(=O)N2CCCC2)c1-c1ccccc1. The molecule has 20 heavy (non-hydrogen) atoms. The number of hydrogen-bond acceptors (Lipinski definition) is 3. The molecule has 2 aromatic rings. The van der Waals surface area contributed by atoms with Gasteiger partial charge in [-0.25, -0.2) is 9.53 Å². The second-order valence-corrected chi connectivity index (χ2v) is 4.97. The Labute approximate surface area is 116 Å². The van der Waals surface area contributed by atoms with E-state index in [0.717, 1.165) is 18.4 Å². The van der Waals surface area contributed by atoms with Gasteiger partial charge in [0.2, 0.25) is 0 Å². The third-order valence-corrected chi connectivity index (χ3v) is 3.63. The fourth-order valence-corrected chi connectivity index (χ4v) is 2.66. The zero-order valence-corrected chi connectivity index (χ0v) is 11.3. The molecule has 0 aliphatic carbocycles. The molecule has 1 aromatic heterocycles. The van der Waals surface area contributed by atoms with Crippen LogP contribution in [0.15, 0.2) is 39.6 Å². The Morgan fingerprint density at radius 1 is 1.15 bits per heavy atom. The van der Waals surface area contributed by atoms with Crippen LogP contribution in [0.25, 0.3) is 11.3 Å². The summed E-state index contributed by atoms with van der Waals surface area (Å²) in [7, 11) is 1.64. The van der Waals surface area contributed by atoms with Crippen molar-refractivity contribution in [3.63, 3.8) is 0 Å². The topological polar surface area (TPSA) is 55.5 Å². The summed E-state index contributed by atoms with van der Waals surface area (Å²) in [5.41, 5.74) is 0.930. The molecule has 5 heteroatoms. The Kier molecular flexibility index (Phi) is 3.18. The number of hydrogen-bond donors (Lipinski definition) is 0. The van der Waals surface area contributed by atoms with E-state index in [1.54, 1.807) is 11.9 Å². The number of rotatable bonds is 2. The van der Waals surface area contributed by atoms with E-state index in [2.05, 4.69) is 0 Å². The van der Waals surface area contributed by atoms with Crippen LogP contribution >= 0.6 is 0 Å². The lowest BCUT2D eigenvalue weighted by Gasteiger charge is -2.14. The average Bonchev–Trinajstić information content (AvgIpc) is 3.07. The van der Waals surface area contributed by atoms with Gasteiger partial charge in [-0.2, -0.15) is 0 Å². The average molecular weight is 272 g/mol. The first-order valence-electron chi connectivity index (χ1n) is 6.73. The van der Waals surface area contributed by atoms with Crippen LogP contribution in [0, 0.1) is 0 Å². The molecule has 1 amide bonds. The number of nitrogens with zero attached hydrogens (tertiary/aromatic N) is 2. The van der Waals surface area contributed by atoms with E-state index in [0.29, 0.717) is 18.8 Å². The molecule has 0 bridgehead atoms. The third-order valence-electron chi connectivity index (χ3n) is 3.63. The molecule has 1 aliphatic heterocycles. The van der Waals surface area contributed by atoms with Gasteiger partial charge < -0.3 is 9.42 Å². The summed E-state index contributed by atoms with van der Waals surface area (Å²) in [6, 6.07) is 9.37. The molecule has 0 spiro atoms. The molecule has 5 nitrogen and oxygen atoms in total. The van der Waals surface area contributed by atoms with Crippen molar-refractivity contribution in [2.75, 3.05) is 13.1 Å². The Morgan fingerprint density at radius 2 is 1.80 bits per heavy atom. The van der Waals surface area contributed by atoms with E-state index in [1.807, 2.05) is 30.3 Å². The van der Waals surface area contributed by atoms with Gasteiger partial charge in [-0.05, 0) is 12.8 Å². The van der Waals surface area contributed by atoms with E-state index in [4.69, 9.17) is 4.52 Å². The van der Waals surface area contributed by atoms with E-state index in [9.17, 15) is 9.59 Å². The second-order valence-electron chi connectivity index (χ2n) is 4.97. The van der Waals surface area contributed by atoms with Crippen molar-refractivity contribution in [2.24, 2.45) is 7.05 Å². The lowest BCUT2D eigenvalue weighted by Crippen LogP contribution is -2.30. The summed E-state index contributed by atoms with van der Waals surface area (Å²) in [5.74, 6) is -0.226. The van der Waals surface area contributed by atoms with Crippen molar-refractivity contribution in [3.8, 4) is 11.3 Å². The van der Waals surface area contributed by atoms with Crippen molar-refractivity contribution < 1.29 is 9.32 Å². The van der Waals surface area contributed by atoms with Crippen LogP contribution in [0.4, 0.5) is 0 Å². The number of likely N-dealkylation sites (tertiary alicyclic amines) is 1. The molecule has 3 rings (SSSR count). The van der Waals surface area contributed by atoms with Gasteiger partial charge >= 0.3 is 5.63 Å². The van der Waals surface area contributed by atoms with Gasteiger partial charge in [-0.3, -0.25) is 4.79 Å². The molecule has 0 N–H and O–H groups in total. The quantitative estimate of drug-likeness (QED) is 0.838. The van der Waals surface area contributed by atoms with Gasteiger partial charge in [-0.1, -0.05) is 30.3 Å². The van der Waals surface area contributed by atoms with Crippen molar-refractivity contribution in [1.29, 1.82) is 0 Å². The van der Waals surface area contributed by atoms with E-state index in [-0.39, 0.29) is 11.5 Å². The van der Waals surface area contributed by atoms with Crippen LogP contribution in [-0.4, -0.2) is 28.6 Å². The van der Waals surface area contributed by atoms with Crippen molar-refractivity contribution in [1.82, 2.24) is 9.64 Å². The lowest BCUT2D eigenvalue weighted by molar-refractivity contribution is 0.0791. The van der Waals surface area contributed by atoms with Gasteiger partial charge in [0.15, 0.2) is 5.56 Å². The first kappa shape index (κ1) is 12.7. The highest BCUT2D eigenvalue weighted by Gasteiger charge is 2.29. The Balaban J connectivity index is 2.11.